The molecule has 0 N–H and O–H groups in total. The summed E-state index contributed by atoms with van der Waals surface area (Å²) in [5.74, 6) is 1.16. The molecule has 0 radical (unpaired) electrons. The average Bonchev–Trinajstić information content (AvgIpc) is 3.12. The van der Waals surface area contributed by atoms with Gasteiger partial charge >= 0.3 is 0 Å². The summed E-state index contributed by atoms with van der Waals surface area (Å²) in [5.41, 5.74) is 1.41. The van der Waals surface area contributed by atoms with Crippen molar-refractivity contribution in [1.82, 2.24) is 19.1 Å². The molecule has 5 rings (SSSR count). The van der Waals surface area contributed by atoms with Crippen molar-refractivity contribution in [3.8, 4) is 0 Å². The lowest BCUT2D eigenvalue weighted by atomic mass is 9.98. The van der Waals surface area contributed by atoms with Gasteiger partial charge in [0, 0.05) is 19.5 Å². The maximum atomic E-state index is 12.9. The topological polar surface area (TPSA) is 79.0 Å². The fraction of sp³-hybridized carbons (Fsp3) is 0.467. The van der Waals surface area contributed by atoms with Gasteiger partial charge in [-0.1, -0.05) is 0 Å². The van der Waals surface area contributed by atoms with E-state index in [1.54, 1.807) is 0 Å². The van der Waals surface area contributed by atoms with Gasteiger partial charge in [-0.25, -0.2) is 9.97 Å². The molecule has 7 nitrogen and oxygen atoms in total. The Hall–Kier alpha value is -2.28. The Labute approximate surface area is 125 Å². The van der Waals surface area contributed by atoms with Crippen molar-refractivity contribution >= 4 is 11.6 Å². The molecule has 22 heavy (non-hydrogen) atoms. The number of rotatable bonds is 0. The molecular formula is C15H14N4O3. The molecule has 0 aromatic carbocycles. The number of carbonyl (C=O) groups excluding carboxylic acids is 2. The number of aromatic nitrogens is 4. The van der Waals surface area contributed by atoms with Crippen LogP contribution in [0.15, 0.2) is 0 Å². The van der Waals surface area contributed by atoms with Crippen LogP contribution < -0.4 is 0 Å². The van der Waals surface area contributed by atoms with E-state index in [9.17, 15) is 9.59 Å². The number of fused-ring (bicyclic) bond motifs is 6. The molecule has 0 fully saturated rings. The minimum absolute atomic E-state index is 0.174. The minimum atomic E-state index is -0.174. The molecule has 0 saturated carbocycles. The first-order valence-electron chi connectivity index (χ1n) is 7.61. The highest BCUT2D eigenvalue weighted by Crippen LogP contribution is 2.31. The van der Waals surface area contributed by atoms with Crippen molar-refractivity contribution in [3.63, 3.8) is 0 Å². The third-order valence-corrected chi connectivity index (χ3v) is 4.68. The molecule has 112 valence electrons. The Morgan fingerprint density at radius 2 is 1.55 bits per heavy atom. The number of carbonyl (C=O) groups is 2. The fourth-order valence-corrected chi connectivity index (χ4v) is 3.65. The van der Waals surface area contributed by atoms with Crippen LogP contribution in [0.1, 0.15) is 56.9 Å². The first-order chi connectivity index (χ1) is 10.8. The largest absolute Gasteiger partial charge is 0.372 e. The van der Waals surface area contributed by atoms with Crippen molar-refractivity contribution < 1.29 is 14.3 Å². The van der Waals surface area contributed by atoms with Crippen LogP contribution in [0.25, 0.3) is 0 Å². The number of aryl methyl sites for hydroxylation is 1. The summed E-state index contributed by atoms with van der Waals surface area (Å²) in [6.07, 6.45) is 2.89. The molecule has 0 bridgehead atoms. The van der Waals surface area contributed by atoms with E-state index in [-0.39, 0.29) is 17.3 Å². The quantitative estimate of drug-likeness (QED) is 0.611. The number of ether oxygens (including phenoxy) is 1. The van der Waals surface area contributed by atoms with E-state index in [2.05, 4.69) is 9.97 Å². The molecule has 0 unspecified atom stereocenters. The van der Waals surface area contributed by atoms with Gasteiger partial charge in [-0.15, -0.1) is 0 Å². The second kappa shape index (κ2) is 4.13. The van der Waals surface area contributed by atoms with Crippen molar-refractivity contribution in [3.05, 3.63) is 34.4 Å². The first kappa shape index (κ1) is 12.3. The summed E-state index contributed by atoms with van der Waals surface area (Å²) in [5, 5.41) is 0. The predicted molar refractivity (Wildman–Crippen MR) is 73.9 cm³/mol. The maximum Gasteiger partial charge on any atom is 0.232 e. The number of ketones is 2. The van der Waals surface area contributed by atoms with E-state index < -0.39 is 0 Å². The van der Waals surface area contributed by atoms with Crippen molar-refractivity contribution in [2.45, 2.75) is 39.0 Å². The Kier molecular flexibility index (Phi) is 2.31. The van der Waals surface area contributed by atoms with Gasteiger partial charge < -0.3 is 13.9 Å². The summed E-state index contributed by atoms with van der Waals surface area (Å²) in [6, 6.07) is 0. The lowest BCUT2D eigenvalue weighted by Crippen LogP contribution is -2.27. The number of hydrogen-bond acceptors (Lipinski definition) is 5. The van der Waals surface area contributed by atoms with Crippen LogP contribution >= 0.6 is 0 Å². The van der Waals surface area contributed by atoms with Gasteiger partial charge in [-0.3, -0.25) is 9.59 Å². The van der Waals surface area contributed by atoms with Crippen LogP contribution in [-0.2, 0) is 30.9 Å². The molecule has 0 amide bonds. The molecule has 0 saturated heterocycles. The molecule has 2 aromatic rings. The van der Waals surface area contributed by atoms with Gasteiger partial charge in [-0.05, 0) is 12.8 Å². The summed E-state index contributed by atoms with van der Waals surface area (Å²) in [4.78, 5) is 34.6. The molecule has 0 atom stereocenters. The minimum Gasteiger partial charge on any atom is -0.372 e. The summed E-state index contributed by atoms with van der Waals surface area (Å²) >= 11 is 0. The van der Waals surface area contributed by atoms with E-state index in [1.807, 2.05) is 9.13 Å². The second-order valence-corrected chi connectivity index (χ2v) is 5.92. The molecule has 4 heterocycles. The summed E-state index contributed by atoms with van der Waals surface area (Å²) in [7, 11) is 0. The van der Waals surface area contributed by atoms with Gasteiger partial charge in [0.1, 0.15) is 41.0 Å². The highest BCUT2D eigenvalue weighted by Gasteiger charge is 2.41. The highest BCUT2D eigenvalue weighted by atomic mass is 16.5. The van der Waals surface area contributed by atoms with Crippen LogP contribution in [0.4, 0.5) is 0 Å². The standard InChI is InChI=1S/C15H14N4O3/c20-14-10-12(18-4-2-1-3-8(18)16-10)15(21)11-13(14)19-5-6-22-7-9(19)17-11/h1-7H2. The normalized spacial score (nSPS) is 19.5. The molecule has 2 aliphatic heterocycles. The zero-order chi connectivity index (χ0) is 14.8. The zero-order valence-electron chi connectivity index (χ0n) is 12.0. The van der Waals surface area contributed by atoms with Crippen molar-refractivity contribution in [1.29, 1.82) is 0 Å². The summed E-state index contributed by atoms with van der Waals surface area (Å²) in [6.45, 7) is 2.18. The van der Waals surface area contributed by atoms with Crippen molar-refractivity contribution in [2.75, 3.05) is 6.61 Å². The Balaban J connectivity index is 1.76. The van der Waals surface area contributed by atoms with E-state index >= 15 is 0 Å². The summed E-state index contributed by atoms with van der Waals surface area (Å²) < 4.78 is 9.10. The molecule has 2 aromatic heterocycles. The molecule has 3 aliphatic rings. The SMILES string of the molecule is O=C1c2nc3n(c2C(=O)c2nc4n(c21)CCCC4)CCOC3. The number of nitrogens with zero attached hydrogens (tertiary/aromatic N) is 4. The molecule has 1 aliphatic carbocycles. The van der Waals surface area contributed by atoms with E-state index in [4.69, 9.17) is 4.74 Å². The smallest absolute Gasteiger partial charge is 0.232 e. The Morgan fingerprint density at radius 3 is 2.32 bits per heavy atom. The Morgan fingerprint density at radius 1 is 0.864 bits per heavy atom. The van der Waals surface area contributed by atoms with E-state index in [0.717, 1.165) is 31.6 Å². The average molecular weight is 298 g/mol. The first-order valence-corrected chi connectivity index (χ1v) is 7.61. The third-order valence-electron chi connectivity index (χ3n) is 4.68. The van der Waals surface area contributed by atoms with Gasteiger partial charge in [-0.2, -0.15) is 0 Å². The highest BCUT2D eigenvalue weighted by molar-refractivity contribution is 6.26. The molecule has 7 heteroatoms. The Bertz CT molecular complexity index is 775. The van der Waals surface area contributed by atoms with Crippen LogP contribution in [0.3, 0.4) is 0 Å². The third kappa shape index (κ3) is 1.39. The van der Waals surface area contributed by atoms with Gasteiger partial charge in [0.15, 0.2) is 0 Å². The van der Waals surface area contributed by atoms with Crippen LogP contribution in [0.5, 0.6) is 0 Å². The lowest BCUT2D eigenvalue weighted by Gasteiger charge is -2.18. The van der Waals surface area contributed by atoms with E-state index in [1.165, 1.54) is 0 Å². The molecule has 0 spiro atoms. The van der Waals surface area contributed by atoms with Gasteiger partial charge in [0.05, 0.1) is 6.61 Å². The predicted octanol–water partition coefficient (Wildman–Crippen LogP) is 0.722. The van der Waals surface area contributed by atoms with Gasteiger partial charge in [0.2, 0.25) is 11.6 Å². The monoisotopic (exact) mass is 298 g/mol. The van der Waals surface area contributed by atoms with Crippen LogP contribution in [0.2, 0.25) is 0 Å². The van der Waals surface area contributed by atoms with E-state index in [0.29, 0.717) is 42.7 Å². The molecular weight excluding hydrogens is 284 g/mol. The van der Waals surface area contributed by atoms with Gasteiger partial charge in [0.25, 0.3) is 0 Å². The lowest BCUT2D eigenvalue weighted by molar-refractivity contribution is 0.0791. The fourth-order valence-electron chi connectivity index (χ4n) is 3.65. The second-order valence-electron chi connectivity index (χ2n) is 5.92. The van der Waals surface area contributed by atoms with Crippen LogP contribution in [0, 0.1) is 0 Å². The van der Waals surface area contributed by atoms with Crippen molar-refractivity contribution in [2.24, 2.45) is 0 Å². The number of imidazole rings is 2. The maximum absolute atomic E-state index is 12.9. The van der Waals surface area contributed by atoms with Crippen LogP contribution in [-0.4, -0.2) is 37.3 Å². The zero-order valence-corrected chi connectivity index (χ0v) is 12.0. The number of hydrogen-bond donors (Lipinski definition) is 0.